The molecule has 0 aliphatic rings. The average molecular weight is 236 g/mol. The maximum Gasteiger partial charge on any atom is 0.251 e. The van der Waals surface area contributed by atoms with Crippen LogP contribution in [0.4, 0.5) is 5.69 Å². The van der Waals surface area contributed by atoms with Gasteiger partial charge in [-0.25, -0.2) is 0 Å². The summed E-state index contributed by atoms with van der Waals surface area (Å²) >= 11 is 0. The Hall–Kier alpha value is -1.55. The van der Waals surface area contributed by atoms with Crippen LogP contribution in [0.3, 0.4) is 0 Å². The van der Waals surface area contributed by atoms with Gasteiger partial charge in [-0.05, 0) is 38.1 Å². The molecule has 0 saturated carbocycles. The van der Waals surface area contributed by atoms with Crippen LogP contribution in [0, 0.1) is 0 Å². The number of carbonyl (C=O) groups excluding carboxylic acids is 1. The van der Waals surface area contributed by atoms with E-state index in [1.54, 1.807) is 26.0 Å². The van der Waals surface area contributed by atoms with Crippen molar-refractivity contribution in [2.24, 2.45) is 0 Å². The number of aliphatic hydroxyl groups is 1. The normalized spacial score (nSPS) is 11.1. The lowest BCUT2D eigenvalue weighted by molar-refractivity contribution is 0.0869. The van der Waals surface area contributed by atoms with E-state index in [4.69, 9.17) is 5.11 Å². The van der Waals surface area contributed by atoms with E-state index in [1.807, 2.05) is 31.1 Å². The van der Waals surface area contributed by atoms with E-state index >= 15 is 0 Å². The van der Waals surface area contributed by atoms with Gasteiger partial charge >= 0.3 is 0 Å². The molecule has 0 aromatic heterocycles. The second-order valence-corrected chi connectivity index (χ2v) is 4.94. The smallest absolute Gasteiger partial charge is 0.251 e. The van der Waals surface area contributed by atoms with E-state index in [9.17, 15) is 4.79 Å². The molecular formula is C13H20N2O2. The fourth-order valence-corrected chi connectivity index (χ4v) is 1.33. The van der Waals surface area contributed by atoms with Crippen LogP contribution >= 0.6 is 0 Å². The first-order chi connectivity index (χ1) is 7.85. The number of rotatable bonds is 4. The maximum atomic E-state index is 11.9. The molecule has 0 unspecified atom stereocenters. The molecule has 0 heterocycles. The molecule has 0 radical (unpaired) electrons. The first-order valence-electron chi connectivity index (χ1n) is 5.56. The zero-order chi connectivity index (χ0) is 13.1. The molecule has 0 saturated heterocycles. The third-order valence-electron chi connectivity index (χ3n) is 2.49. The predicted molar refractivity (Wildman–Crippen MR) is 69.4 cm³/mol. The standard InChI is InChI=1S/C13H20N2O2/c1-13(2,9-16)14-12(17)10-5-7-11(8-6-10)15(3)4/h5-8,16H,9H2,1-4H3,(H,14,17). The molecule has 1 amide bonds. The molecule has 0 spiro atoms. The fraction of sp³-hybridized carbons (Fsp3) is 0.462. The SMILES string of the molecule is CN(C)c1ccc(C(=O)NC(C)(C)CO)cc1. The monoisotopic (exact) mass is 236 g/mol. The van der Waals surface area contributed by atoms with E-state index in [-0.39, 0.29) is 12.5 Å². The minimum Gasteiger partial charge on any atom is -0.394 e. The largest absolute Gasteiger partial charge is 0.394 e. The second-order valence-electron chi connectivity index (χ2n) is 4.94. The van der Waals surface area contributed by atoms with Gasteiger partial charge in [0.25, 0.3) is 5.91 Å². The molecule has 0 atom stereocenters. The van der Waals surface area contributed by atoms with Crippen LogP contribution < -0.4 is 10.2 Å². The molecule has 0 bridgehead atoms. The second kappa shape index (κ2) is 5.19. The molecule has 17 heavy (non-hydrogen) atoms. The summed E-state index contributed by atoms with van der Waals surface area (Å²) < 4.78 is 0. The Labute approximate surface area is 102 Å². The molecule has 4 nitrogen and oxygen atoms in total. The van der Waals surface area contributed by atoms with E-state index < -0.39 is 5.54 Å². The third kappa shape index (κ3) is 3.75. The van der Waals surface area contributed by atoms with E-state index in [0.29, 0.717) is 5.56 Å². The highest BCUT2D eigenvalue weighted by Gasteiger charge is 2.19. The van der Waals surface area contributed by atoms with Crippen molar-refractivity contribution in [3.8, 4) is 0 Å². The molecule has 4 heteroatoms. The van der Waals surface area contributed by atoms with Crippen molar-refractivity contribution in [2.75, 3.05) is 25.6 Å². The van der Waals surface area contributed by atoms with Crippen molar-refractivity contribution in [1.82, 2.24) is 5.32 Å². The molecule has 0 aliphatic carbocycles. The van der Waals surface area contributed by atoms with Crippen LogP contribution in [0.15, 0.2) is 24.3 Å². The summed E-state index contributed by atoms with van der Waals surface area (Å²) in [5, 5.41) is 11.9. The van der Waals surface area contributed by atoms with Gasteiger partial charge < -0.3 is 15.3 Å². The molecular weight excluding hydrogens is 216 g/mol. The number of benzene rings is 1. The van der Waals surface area contributed by atoms with Gasteiger partial charge in [0.15, 0.2) is 0 Å². The summed E-state index contributed by atoms with van der Waals surface area (Å²) in [5.41, 5.74) is 1.04. The van der Waals surface area contributed by atoms with Gasteiger partial charge in [-0.15, -0.1) is 0 Å². The van der Waals surface area contributed by atoms with Crippen molar-refractivity contribution in [1.29, 1.82) is 0 Å². The van der Waals surface area contributed by atoms with Crippen molar-refractivity contribution in [2.45, 2.75) is 19.4 Å². The van der Waals surface area contributed by atoms with Crippen LogP contribution in [0.5, 0.6) is 0 Å². The highest BCUT2D eigenvalue weighted by molar-refractivity contribution is 5.95. The number of amides is 1. The number of nitrogens with zero attached hydrogens (tertiary/aromatic N) is 1. The number of nitrogens with one attached hydrogen (secondary N) is 1. The lowest BCUT2D eigenvalue weighted by atomic mass is 10.1. The molecule has 1 aromatic carbocycles. The van der Waals surface area contributed by atoms with Gasteiger partial charge in [0.05, 0.1) is 12.1 Å². The van der Waals surface area contributed by atoms with Crippen molar-refractivity contribution >= 4 is 11.6 Å². The quantitative estimate of drug-likeness (QED) is 0.827. The number of aliphatic hydroxyl groups excluding tert-OH is 1. The van der Waals surface area contributed by atoms with Crippen LogP contribution in [0.1, 0.15) is 24.2 Å². The number of hydrogen-bond donors (Lipinski definition) is 2. The van der Waals surface area contributed by atoms with Gasteiger partial charge in [0.1, 0.15) is 0 Å². The summed E-state index contributed by atoms with van der Waals surface area (Å²) in [7, 11) is 3.90. The predicted octanol–water partition coefficient (Wildman–Crippen LogP) is 1.25. The van der Waals surface area contributed by atoms with Crippen LogP contribution in [0.25, 0.3) is 0 Å². The molecule has 2 N–H and O–H groups in total. The molecule has 0 aliphatic heterocycles. The number of carbonyl (C=O) groups is 1. The lowest BCUT2D eigenvalue weighted by Crippen LogP contribution is -2.46. The van der Waals surface area contributed by atoms with Gasteiger partial charge in [-0.3, -0.25) is 4.79 Å². The lowest BCUT2D eigenvalue weighted by Gasteiger charge is -2.23. The van der Waals surface area contributed by atoms with Gasteiger partial charge in [0, 0.05) is 25.3 Å². The molecule has 1 aromatic rings. The Morgan fingerprint density at radius 1 is 1.29 bits per heavy atom. The minimum atomic E-state index is -0.600. The van der Waals surface area contributed by atoms with Crippen molar-refractivity contribution in [3.05, 3.63) is 29.8 Å². The Kier molecular flexibility index (Phi) is 4.12. The van der Waals surface area contributed by atoms with Crippen molar-refractivity contribution < 1.29 is 9.90 Å². The summed E-state index contributed by atoms with van der Waals surface area (Å²) in [6.07, 6.45) is 0. The minimum absolute atomic E-state index is 0.0888. The van der Waals surface area contributed by atoms with E-state index in [1.165, 1.54) is 0 Å². The Morgan fingerprint density at radius 3 is 2.24 bits per heavy atom. The summed E-state index contributed by atoms with van der Waals surface area (Å²) in [4.78, 5) is 13.8. The average Bonchev–Trinajstić information content (AvgIpc) is 2.28. The first kappa shape index (κ1) is 13.5. The highest BCUT2D eigenvalue weighted by Crippen LogP contribution is 2.13. The van der Waals surface area contributed by atoms with Crippen LogP contribution in [-0.4, -0.2) is 37.3 Å². The maximum absolute atomic E-state index is 11.9. The van der Waals surface area contributed by atoms with E-state index in [2.05, 4.69) is 5.32 Å². The Bertz CT molecular complexity index is 383. The number of hydrogen-bond acceptors (Lipinski definition) is 3. The third-order valence-corrected chi connectivity index (χ3v) is 2.49. The van der Waals surface area contributed by atoms with Gasteiger partial charge in [0.2, 0.25) is 0 Å². The first-order valence-corrected chi connectivity index (χ1v) is 5.56. The molecule has 94 valence electrons. The number of anilines is 1. The Balaban J connectivity index is 2.77. The van der Waals surface area contributed by atoms with Crippen LogP contribution in [-0.2, 0) is 0 Å². The zero-order valence-electron chi connectivity index (χ0n) is 10.8. The molecule has 0 fully saturated rings. The van der Waals surface area contributed by atoms with Gasteiger partial charge in [-0.2, -0.15) is 0 Å². The zero-order valence-corrected chi connectivity index (χ0v) is 10.8. The molecule has 1 rings (SSSR count). The van der Waals surface area contributed by atoms with Gasteiger partial charge in [-0.1, -0.05) is 0 Å². The van der Waals surface area contributed by atoms with Crippen molar-refractivity contribution in [3.63, 3.8) is 0 Å². The van der Waals surface area contributed by atoms with Crippen LogP contribution in [0.2, 0.25) is 0 Å². The highest BCUT2D eigenvalue weighted by atomic mass is 16.3. The fourth-order valence-electron chi connectivity index (χ4n) is 1.33. The summed E-state index contributed by atoms with van der Waals surface area (Å²) in [5.74, 6) is -0.172. The summed E-state index contributed by atoms with van der Waals surface area (Å²) in [6, 6.07) is 7.33. The Morgan fingerprint density at radius 2 is 1.82 bits per heavy atom. The van der Waals surface area contributed by atoms with E-state index in [0.717, 1.165) is 5.69 Å². The topological polar surface area (TPSA) is 52.6 Å². The summed E-state index contributed by atoms with van der Waals surface area (Å²) in [6.45, 7) is 3.46.